The fourth-order valence-corrected chi connectivity index (χ4v) is 1.72. The Morgan fingerprint density at radius 1 is 1.35 bits per heavy atom. The first kappa shape index (κ1) is 13.8. The van der Waals surface area contributed by atoms with E-state index in [2.05, 4.69) is 10.6 Å². The van der Waals surface area contributed by atoms with Crippen molar-refractivity contribution in [1.29, 1.82) is 0 Å². The fourth-order valence-electron chi connectivity index (χ4n) is 1.72. The largest absolute Gasteiger partial charge is 0.467 e. The van der Waals surface area contributed by atoms with Gasteiger partial charge in [0.1, 0.15) is 5.60 Å². The van der Waals surface area contributed by atoms with Gasteiger partial charge in [-0.3, -0.25) is 0 Å². The normalized spacial score (nSPS) is 24.2. The Kier molecular flexibility index (Phi) is 3.98. The van der Waals surface area contributed by atoms with Gasteiger partial charge in [0, 0.05) is 6.54 Å². The summed E-state index contributed by atoms with van der Waals surface area (Å²) >= 11 is 0. The molecule has 0 saturated carbocycles. The van der Waals surface area contributed by atoms with Crippen molar-refractivity contribution in [3.05, 3.63) is 0 Å². The van der Waals surface area contributed by atoms with Crippen LogP contribution in [0.3, 0.4) is 0 Å². The lowest BCUT2D eigenvalue weighted by Crippen LogP contribution is -2.57. The van der Waals surface area contributed by atoms with E-state index in [1.54, 1.807) is 20.8 Å². The molecule has 1 aliphatic heterocycles. The van der Waals surface area contributed by atoms with Crippen LogP contribution in [0.2, 0.25) is 0 Å². The number of amides is 1. The van der Waals surface area contributed by atoms with Gasteiger partial charge in [0.2, 0.25) is 0 Å². The van der Waals surface area contributed by atoms with Gasteiger partial charge < -0.3 is 20.1 Å². The molecule has 0 spiro atoms. The second-order valence-electron chi connectivity index (χ2n) is 5.13. The molecule has 0 aromatic carbocycles. The van der Waals surface area contributed by atoms with Crippen molar-refractivity contribution in [2.24, 2.45) is 0 Å². The molecular formula is C11H20N2O4. The molecule has 1 amide bonds. The minimum absolute atomic E-state index is 0.360. The monoisotopic (exact) mass is 244 g/mol. The van der Waals surface area contributed by atoms with E-state index in [0.29, 0.717) is 19.5 Å². The van der Waals surface area contributed by atoms with Gasteiger partial charge in [-0.1, -0.05) is 0 Å². The lowest BCUT2D eigenvalue weighted by molar-refractivity contribution is -0.147. The highest BCUT2D eigenvalue weighted by molar-refractivity contribution is 5.86. The highest BCUT2D eigenvalue weighted by Gasteiger charge is 2.44. The summed E-state index contributed by atoms with van der Waals surface area (Å²) in [6.07, 6.45) is -0.106. The summed E-state index contributed by atoms with van der Waals surface area (Å²) in [5.74, 6) is -0.451. The molecule has 0 bridgehead atoms. The number of rotatable bonds is 2. The van der Waals surface area contributed by atoms with E-state index in [9.17, 15) is 9.59 Å². The van der Waals surface area contributed by atoms with Crippen LogP contribution < -0.4 is 10.6 Å². The maximum atomic E-state index is 11.7. The number of carbonyl (C=O) groups is 2. The molecule has 1 saturated heterocycles. The van der Waals surface area contributed by atoms with Crippen LogP contribution in [0.5, 0.6) is 0 Å². The third kappa shape index (κ3) is 3.59. The first-order chi connectivity index (χ1) is 7.79. The van der Waals surface area contributed by atoms with E-state index in [4.69, 9.17) is 9.47 Å². The second kappa shape index (κ2) is 4.91. The minimum atomic E-state index is -1.00. The molecule has 0 radical (unpaired) electrons. The lowest BCUT2D eigenvalue weighted by Gasteiger charge is -2.28. The van der Waals surface area contributed by atoms with E-state index < -0.39 is 23.2 Å². The van der Waals surface area contributed by atoms with Crippen molar-refractivity contribution < 1.29 is 19.1 Å². The number of nitrogens with one attached hydrogen (secondary N) is 2. The predicted molar refractivity (Wildman–Crippen MR) is 61.6 cm³/mol. The van der Waals surface area contributed by atoms with Crippen LogP contribution in [0, 0.1) is 0 Å². The lowest BCUT2D eigenvalue weighted by atomic mass is 9.99. The molecule has 0 aromatic rings. The quantitative estimate of drug-likeness (QED) is 0.688. The number of carbonyl (C=O) groups excluding carboxylic acids is 2. The number of alkyl carbamates (subject to hydrolysis) is 1. The van der Waals surface area contributed by atoms with Crippen molar-refractivity contribution in [1.82, 2.24) is 10.6 Å². The third-order valence-electron chi connectivity index (χ3n) is 2.47. The molecule has 1 atom stereocenters. The predicted octanol–water partition coefficient (Wildman–Crippen LogP) is 0.416. The van der Waals surface area contributed by atoms with Crippen LogP contribution >= 0.6 is 0 Å². The summed E-state index contributed by atoms with van der Waals surface area (Å²) in [6, 6.07) is 0. The molecule has 0 aliphatic carbocycles. The zero-order valence-corrected chi connectivity index (χ0v) is 10.8. The van der Waals surface area contributed by atoms with Gasteiger partial charge in [-0.25, -0.2) is 9.59 Å². The zero-order chi connectivity index (χ0) is 13.1. The number of hydrogen-bond acceptors (Lipinski definition) is 5. The van der Waals surface area contributed by atoms with Crippen LogP contribution in [-0.2, 0) is 14.3 Å². The maximum Gasteiger partial charge on any atom is 0.408 e. The first-order valence-corrected chi connectivity index (χ1v) is 5.59. The van der Waals surface area contributed by atoms with Crippen molar-refractivity contribution >= 4 is 12.1 Å². The Balaban J connectivity index is 2.68. The number of methoxy groups -OCH3 is 1. The molecule has 6 nitrogen and oxygen atoms in total. The zero-order valence-electron chi connectivity index (χ0n) is 10.8. The van der Waals surface area contributed by atoms with Crippen LogP contribution in [0.4, 0.5) is 4.79 Å². The number of ether oxygens (including phenoxy) is 2. The molecule has 1 heterocycles. The SMILES string of the molecule is COC(=O)C1(NC(=O)OC(C)(C)C)CCNC1. The van der Waals surface area contributed by atoms with E-state index >= 15 is 0 Å². The summed E-state index contributed by atoms with van der Waals surface area (Å²) in [4.78, 5) is 23.4. The third-order valence-corrected chi connectivity index (χ3v) is 2.47. The van der Waals surface area contributed by atoms with Crippen molar-refractivity contribution in [3.63, 3.8) is 0 Å². The molecule has 17 heavy (non-hydrogen) atoms. The van der Waals surface area contributed by atoms with E-state index in [-0.39, 0.29) is 0 Å². The maximum absolute atomic E-state index is 11.7. The van der Waals surface area contributed by atoms with Gasteiger partial charge >= 0.3 is 12.1 Å². The topological polar surface area (TPSA) is 76.7 Å². The Labute approximate surface area is 101 Å². The summed E-state index contributed by atoms with van der Waals surface area (Å²) in [6.45, 7) is 6.32. The molecule has 1 unspecified atom stereocenters. The van der Waals surface area contributed by atoms with Crippen LogP contribution in [0.25, 0.3) is 0 Å². The van der Waals surface area contributed by atoms with Crippen LogP contribution in [-0.4, -0.2) is 43.4 Å². The van der Waals surface area contributed by atoms with E-state index in [0.717, 1.165) is 0 Å². The second-order valence-corrected chi connectivity index (χ2v) is 5.13. The summed E-state index contributed by atoms with van der Waals surface area (Å²) in [5.41, 5.74) is -1.59. The molecule has 2 N–H and O–H groups in total. The summed E-state index contributed by atoms with van der Waals surface area (Å²) < 4.78 is 9.85. The average molecular weight is 244 g/mol. The molecule has 0 aromatic heterocycles. The molecule has 98 valence electrons. The molecule has 1 rings (SSSR count). The van der Waals surface area contributed by atoms with Gasteiger partial charge in [-0.15, -0.1) is 0 Å². The van der Waals surface area contributed by atoms with Gasteiger partial charge in [0.05, 0.1) is 7.11 Å². The first-order valence-electron chi connectivity index (χ1n) is 5.59. The van der Waals surface area contributed by atoms with Crippen molar-refractivity contribution in [2.45, 2.75) is 38.3 Å². The van der Waals surface area contributed by atoms with E-state index in [1.807, 2.05) is 0 Å². The van der Waals surface area contributed by atoms with Gasteiger partial charge in [-0.2, -0.15) is 0 Å². The Morgan fingerprint density at radius 2 is 2.00 bits per heavy atom. The van der Waals surface area contributed by atoms with Gasteiger partial charge in [0.25, 0.3) is 0 Å². The summed E-state index contributed by atoms with van der Waals surface area (Å²) in [5, 5.41) is 5.63. The van der Waals surface area contributed by atoms with Gasteiger partial charge in [0.15, 0.2) is 5.54 Å². The highest BCUT2D eigenvalue weighted by atomic mass is 16.6. The van der Waals surface area contributed by atoms with Crippen molar-refractivity contribution in [3.8, 4) is 0 Å². The van der Waals surface area contributed by atoms with Crippen LogP contribution in [0.15, 0.2) is 0 Å². The fraction of sp³-hybridized carbons (Fsp3) is 0.818. The molecule has 1 fully saturated rings. The molecule has 6 heteroatoms. The van der Waals surface area contributed by atoms with Gasteiger partial charge in [-0.05, 0) is 33.7 Å². The number of hydrogen-bond donors (Lipinski definition) is 2. The smallest absolute Gasteiger partial charge is 0.408 e. The molecular weight excluding hydrogens is 224 g/mol. The van der Waals surface area contributed by atoms with E-state index in [1.165, 1.54) is 7.11 Å². The summed E-state index contributed by atoms with van der Waals surface area (Å²) in [7, 11) is 1.30. The highest BCUT2D eigenvalue weighted by Crippen LogP contribution is 2.18. The molecule has 1 aliphatic rings. The standard InChI is InChI=1S/C11H20N2O4/c1-10(2,3)17-9(15)13-11(8(14)16-4)5-6-12-7-11/h12H,5-7H2,1-4H3,(H,13,15). The Morgan fingerprint density at radius 3 is 2.41 bits per heavy atom. The minimum Gasteiger partial charge on any atom is -0.467 e. The Bertz CT molecular complexity index is 303. The van der Waals surface area contributed by atoms with Crippen LogP contribution in [0.1, 0.15) is 27.2 Å². The number of esters is 1. The average Bonchev–Trinajstić information content (AvgIpc) is 2.63. The van der Waals surface area contributed by atoms with Crippen molar-refractivity contribution in [2.75, 3.05) is 20.2 Å². The Hall–Kier alpha value is -1.30.